The number of rotatable bonds is 9. The molecule has 0 unspecified atom stereocenters. The fourth-order valence-electron chi connectivity index (χ4n) is 2.98. The zero-order valence-corrected chi connectivity index (χ0v) is 21.2. The summed E-state index contributed by atoms with van der Waals surface area (Å²) in [6.45, 7) is 3.82. The molecule has 0 saturated carbocycles. The lowest BCUT2D eigenvalue weighted by atomic mass is 10.1. The highest BCUT2D eigenvalue weighted by molar-refractivity contribution is 14.1. The van der Waals surface area contributed by atoms with Gasteiger partial charge in [0.05, 0.1) is 22.9 Å². The normalized spacial score (nSPS) is 11.7. The molecule has 0 bridgehead atoms. The summed E-state index contributed by atoms with van der Waals surface area (Å²) < 4.78 is 34.0. The van der Waals surface area contributed by atoms with Crippen molar-refractivity contribution in [3.63, 3.8) is 0 Å². The number of sulfonamides is 1. The number of anilines is 1. The van der Waals surface area contributed by atoms with Crippen molar-refractivity contribution >= 4 is 49.9 Å². The molecular formula is C24H24IN3O4S. The van der Waals surface area contributed by atoms with Crippen LogP contribution in [0.15, 0.2) is 88.9 Å². The van der Waals surface area contributed by atoms with Gasteiger partial charge in [0.2, 0.25) is 0 Å². The summed E-state index contributed by atoms with van der Waals surface area (Å²) in [7, 11) is -3.96. The number of benzene rings is 3. The first-order valence-electron chi connectivity index (χ1n) is 10.2. The van der Waals surface area contributed by atoms with Crippen LogP contribution in [-0.2, 0) is 14.8 Å². The smallest absolute Gasteiger partial charge is 0.264 e. The van der Waals surface area contributed by atoms with Crippen molar-refractivity contribution in [3.05, 3.63) is 88.0 Å². The third kappa shape index (κ3) is 6.55. The molecule has 0 aromatic heterocycles. The number of hydrogen-bond donors (Lipinski definition) is 1. The summed E-state index contributed by atoms with van der Waals surface area (Å²) in [4.78, 5) is 12.8. The third-order valence-electron chi connectivity index (χ3n) is 4.66. The predicted octanol–water partition coefficient (Wildman–Crippen LogP) is 4.43. The number of hydrazone groups is 1. The maximum atomic E-state index is 13.3. The van der Waals surface area contributed by atoms with Crippen molar-refractivity contribution in [3.8, 4) is 5.75 Å². The van der Waals surface area contributed by atoms with Gasteiger partial charge in [0.1, 0.15) is 12.3 Å². The highest BCUT2D eigenvalue weighted by atomic mass is 127. The van der Waals surface area contributed by atoms with Crippen molar-refractivity contribution in [2.45, 2.75) is 18.7 Å². The molecule has 0 heterocycles. The van der Waals surface area contributed by atoms with Gasteiger partial charge in [0.15, 0.2) is 0 Å². The Labute approximate surface area is 207 Å². The van der Waals surface area contributed by atoms with Crippen molar-refractivity contribution in [2.75, 3.05) is 17.5 Å². The zero-order valence-electron chi connectivity index (χ0n) is 18.2. The second kappa shape index (κ2) is 11.3. The largest absolute Gasteiger partial charge is 0.494 e. The Balaban J connectivity index is 1.80. The predicted molar refractivity (Wildman–Crippen MR) is 138 cm³/mol. The highest BCUT2D eigenvalue weighted by Gasteiger charge is 2.27. The molecule has 0 aliphatic rings. The number of ether oxygens (including phenoxy) is 1. The number of hydrogen-bond acceptors (Lipinski definition) is 5. The summed E-state index contributed by atoms with van der Waals surface area (Å²) in [5, 5.41) is 4.14. The number of halogens is 1. The molecule has 0 aliphatic heterocycles. The van der Waals surface area contributed by atoms with Gasteiger partial charge in [-0.15, -0.1) is 0 Å². The molecule has 3 aromatic rings. The first-order chi connectivity index (χ1) is 15.8. The Bertz CT molecular complexity index is 1210. The topological polar surface area (TPSA) is 88.1 Å². The van der Waals surface area contributed by atoms with Crippen LogP contribution >= 0.6 is 22.6 Å². The number of carbonyl (C=O) groups excluding carboxylic acids is 1. The van der Waals surface area contributed by atoms with E-state index in [4.69, 9.17) is 4.74 Å². The lowest BCUT2D eigenvalue weighted by Gasteiger charge is -2.23. The highest BCUT2D eigenvalue weighted by Crippen LogP contribution is 2.24. The third-order valence-corrected chi connectivity index (χ3v) is 7.17. The van der Waals surface area contributed by atoms with Crippen molar-refractivity contribution < 1.29 is 17.9 Å². The molecule has 172 valence electrons. The average Bonchev–Trinajstić information content (AvgIpc) is 2.83. The van der Waals surface area contributed by atoms with Gasteiger partial charge >= 0.3 is 0 Å². The molecule has 3 aromatic carbocycles. The molecule has 33 heavy (non-hydrogen) atoms. The molecule has 0 saturated heterocycles. The Morgan fingerprint density at radius 2 is 1.64 bits per heavy atom. The first-order valence-corrected chi connectivity index (χ1v) is 12.7. The van der Waals surface area contributed by atoms with E-state index in [0.29, 0.717) is 18.0 Å². The van der Waals surface area contributed by atoms with Crippen LogP contribution in [0.5, 0.6) is 5.75 Å². The van der Waals surface area contributed by atoms with Crippen molar-refractivity contribution in [1.82, 2.24) is 5.43 Å². The molecular weight excluding hydrogens is 553 g/mol. The van der Waals surface area contributed by atoms with Gasteiger partial charge in [-0.3, -0.25) is 9.10 Å². The fourth-order valence-corrected chi connectivity index (χ4v) is 4.78. The second-order valence-corrected chi connectivity index (χ2v) is 10.1. The fraction of sp³-hybridized carbons (Fsp3) is 0.167. The Morgan fingerprint density at radius 1 is 1.00 bits per heavy atom. The van der Waals surface area contributed by atoms with Crippen molar-refractivity contribution in [2.24, 2.45) is 5.10 Å². The summed E-state index contributed by atoms with van der Waals surface area (Å²) >= 11 is 2.14. The Kier molecular flexibility index (Phi) is 8.45. The van der Waals surface area contributed by atoms with E-state index in [1.165, 1.54) is 12.1 Å². The van der Waals surface area contributed by atoms with E-state index in [0.717, 1.165) is 19.2 Å². The van der Waals surface area contributed by atoms with E-state index in [1.54, 1.807) is 49.4 Å². The van der Waals surface area contributed by atoms with Crippen molar-refractivity contribution in [1.29, 1.82) is 0 Å². The maximum Gasteiger partial charge on any atom is 0.264 e. The Morgan fingerprint density at radius 3 is 2.24 bits per heavy atom. The number of carbonyl (C=O) groups is 1. The first kappa shape index (κ1) is 24.7. The molecule has 9 heteroatoms. The summed E-state index contributed by atoms with van der Waals surface area (Å²) in [6, 6.07) is 22.3. The minimum absolute atomic E-state index is 0.102. The average molecular weight is 577 g/mol. The molecule has 0 spiro atoms. The number of nitrogens with one attached hydrogen (secondary N) is 1. The Hall–Kier alpha value is -2.92. The van der Waals surface area contributed by atoms with Crippen LogP contribution in [0.25, 0.3) is 0 Å². The summed E-state index contributed by atoms with van der Waals surface area (Å²) in [5.41, 5.74) is 4.25. The van der Waals surface area contributed by atoms with Gasteiger partial charge in [-0.05, 0) is 103 Å². The lowest BCUT2D eigenvalue weighted by molar-refractivity contribution is -0.119. The number of amides is 1. The van der Waals surface area contributed by atoms with Gasteiger partial charge in [-0.25, -0.2) is 13.8 Å². The van der Waals surface area contributed by atoms with Gasteiger partial charge in [0.25, 0.3) is 15.9 Å². The quantitative estimate of drug-likeness (QED) is 0.232. The van der Waals surface area contributed by atoms with Crippen LogP contribution in [0, 0.1) is 3.57 Å². The van der Waals surface area contributed by atoms with Gasteiger partial charge in [-0.2, -0.15) is 5.10 Å². The minimum atomic E-state index is -3.96. The molecule has 1 N–H and O–H groups in total. The van der Waals surface area contributed by atoms with Crippen LogP contribution in [0.4, 0.5) is 5.69 Å². The van der Waals surface area contributed by atoms with Crippen LogP contribution < -0.4 is 14.5 Å². The van der Waals surface area contributed by atoms with Crippen LogP contribution in [0.2, 0.25) is 0 Å². The van der Waals surface area contributed by atoms with E-state index >= 15 is 0 Å². The van der Waals surface area contributed by atoms with Crippen LogP contribution in [0.3, 0.4) is 0 Å². The molecule has 1 amide bonds. The monoisotopic (exact) mass is 577 g/mol. The summed E-state index contributed by atoms with van der Waals surface area (Å²) in [5.74, 6) is 0.190. The molecule has 3 rings (SSSR count). The zero-order chi connectivity index (χ0) is 23.8. The van der Waals surface area contributed by atoms with E-state index in [-0.39, 0.29) is 4.90 Å². The summed E-state index contributed by atoms with van der Waals surface area (Å²) in [6.07, 6.45) is 0. The van der Waals surface area contributed by atoms with Crippen LogP contribution in [-0.4, -0.2) is 33.2 Å². The second-order valence-electron chi connectivity index (χ2n) is 6.99. The molecule has 0 aliphatic carbocycles. The van der Waals surface area contributed by atoms with E-state index in [2.05, 4.69) is 33.1 Å². The molecule has 7 nitrogen and oxygen atoms in total. The van der Waals surface area contributed by atoms with Gasteiger partial charge in [0, 0.05) is 3.57 Å². The van der Waals surface area contributed by atoms with Crippen LogP contribution in [0.1, 0.15) is 19.4 Å². The number of nitrogens with zero attached hydrogens (tertiary/aromatic N) is 2. The standard InChI is InChI=1S/C24H24IN3O4S/c1-3-32-22-15-9-19(10-16-22)18(2)26-27-24(29)17-28(21-13-11-20(25)12-14-21)33(30,31)23-7-5-4-6-8-23/h4-16H,3,17H2,1-2H3,(H,27,29)/b26-18-. The van der Waals surface area contributed by atoms with E-state index < -0.39 is 22.5 Å². The van der Waals surface area contributed by atoms with Gasteiger partial charge in [-0.1, -0.05) is 18.2 Å². The van der Waals surface area contributed by atoms with Gasteiger partial charge < -0.3 is 4.74 Å². The SMILES string of the molecule is CCOc1ccc(/C(C)=N\NC(=O)CN(c2ccc(I)cc2)S(=O)(=O)c2ccccc2)cc1. The van der Waals surface area contributed by atoms with E-state index in [9.17, 15) is 13.2 Å². The molecule has 0 atom stereocenters. The van der Waals surface area contributed by atoms with E-state index in [1.807, 2.05) is 31.2 Å². The maximum absolute atomic E-state index is 13.3. The lowest BCUT2D eigenvalue weighted by Crippen LogP contribution is -2.39. The minimum Gasteiger partial charge on any atom is -0.494 e. The molecule has 0 fully saturated rings. The molecule has 0 radical (unpaired) electrons.